The summed E-state index contributed by atoms with van der Waals surface area (Å²) < 4.78 is 16.5. The van der Waals surface area contributed by atoms with Crippen molar-refractivity contribution < 1.29 is 9.18 Å². The van der Waals surface area contributed by atoms with Crippen LogP contribution in [0.3, 0.4) is 0 Å². The van der Waals surface area contributed by atoms with Gasteiger partial charge < -0.3 is 4.57 Å². The van der Waals surface area contributed by atoms with E-state index in [2.05, 4.69) is 20.9 Å². The molecule has 5 aromatic rings. The third kappa shape index (κ3) is 4.56. The van der Waals surface area contributed by atoms with Gasteiger partial charge in [-0.15, -0.1) is 0 Å². The highest BCUT2D eigenvalue weighted by atomic mass is 79.9. The summed E-state index contributed by atoms with van der Waals surface area (Å²) in [7, 11) is 0. The van der Waals surface area contributed by atoms with Gasteiger partial charge in [0.15, 0.2) is 5.82 Å². The zero-order valence-electron chi connectivity index (χ0n) is 19.6. The van der Waals surface area contributed by atoms with Crippen molar-refractivity contribution in [3.8, 4) is 11.5 Å². The maximum absolute atomic E-state index is 13.9. The fraction of sp³-hybridized carbons (Fsp3) is 0.103. The second-order valence-corrected chi connectivity index (χ2v) is 9.70. The number of hydrazone groups is 1. The van der Waals surface area contributed by atoms with Crippen molar-refractivity contribution in [2.75, 3.05) is 0 Å². The van der Waals surface area contributed by atoms with Gasteiger partial charge in [-0.25, -0.2) is 14.4 Å². The molecular weight excluding hydrogens is 533 g/mol. The summed E-state index contributed by atoms with van der Waals surface area (Å²) in [6.07, 6.45) is 2.23. The van der Waals surface area contributed by atoms with Crippen LogP contribution < -0.4 is 0 Å². The van der Waals surface area contributed by atoms with Crippen molar-refractivity contribution in [2.24, 2.45) is 5.10 Å². The molecule has 8 heteroatoms. The van der Waals surface area contributed by atoms with Gasteiger partial charge in [0, 0.05) is 17.1 Å². The fourth-order valence-electron chi connectivity index (χ4n) is 4.64. The van der Waals surface area contributed by atoms with E-state index in [4.69, 9.17) is 10.1 Å². The van der Waals surface area contributed by atoms with E-state index < -0.39 is 0 Å². The number of nitrogens with zero attached hydrogens (tertiary/aromatic N) is 5. The number of pyridine rings is 1. The first-order valence-corrected chi connectivity index (χ1v) is 12.6. The van der Waals surface area contributed by atoms with E-state index in [-0.39, 0.29) is 24.3 Å². The van der Waals surface area contributed by atoms with Crippen molar-refractivity contribution in [3.05, 3.63) is 119 Å². The molecule has 0 spiro atoms. The molecule has 0 fully saturated rings. The van der Waals surface area contributed by atoms with Gasteiger partial charge in [-0.3, -0.25) is 9.78 Å². The SMILES string of the molecule is O=C(Cn1c(-c2ccccn2)nc2ccccc21)N1N=C(c2ccc(Br)cc2)CC1c1ccc(F)cc1. The van der Waals surface area contributed by atoms with E-state index in [1.165, 1.54) is 17.1 Å². The maximum atomic E-state index is 13.9. The maximum Gasteiger partial charge on any atom is 0.263 e. The molecule has 1 aliphatic rings. The number of hydrogen-bond acceptors (Lipinski definition) is 4. The molecule has 0 saturated heterocycles. The Morgan fingerprint density at radius 1 is 0.946 bits per heavy atom. The standard InChI is InChI=1S/C29H21BrFN5O/c30-21-12-8-19(9-13-21)25-17-27(20-10-14-22(31)15-11-20)36(34-25)28(37)18-35-26-7-2-1-5-23(26)33-29(35)24-6-3-4-16-32-24/h1-16,27H,17-18H2. The molecule has 182 valence electrons. The van der Waals surface area contributed by atoms with E-state index >= 15 is 0 Å². The van der Waals surface area contributed by atoms with Gasteiger partial charge in [0.1, 0.15) is 18.1 Å². The largest absolute Gasteiger partial charge is 0.313 e. The Labute approximate surface area is 221 Å². The smallest absolute Gasteiger partial charge is 0.263 e. The summed E-state index contributed by atoms with van der Waals surface area (Å²) in [5.41, 5.74) is 4.87. The number of hydrogen-bond donors (Lipinski definition) is 0. The molecule has 1 amide bonds. The van der Waals surface area contributed by atoms with Gasteiger partial charge in [-0.2, -0.15) is 5.10 Å². The number of aromatic nitrogens is 3. The van der Waals surface area contributed by atoms with Gasteiger partial charge in [0.25, 0.3) is 5.91 Å². The molecule has 6 rings (SSSR count). The normalized spacial score (nSPS) is 15.2. The van der Waals surface area contributed by atoms with E-state index in [9.17, 15) is 9.18 Å². The molecule has 3 heterocycles. The molecule has 2 aromatic heterocycles. The molecule has 1 unspecified atom stereocenters. The van der Waals surface area contributed by atoms with Gasteiger partial charge in [-0.05, 0) is 59.7 Å². The number of benzene rings is 3. The Morgan fingerprint density at radius 2 is 1.70 bits per heavy atom. The van der Waals surface area contributed by atoms with Crippen molar-refractivity contribution in [1.29, 1.82) is 0 Å². The highest BCUT2D eigenvalue weighted by Crippen LogP contribution is 2.34. The molecule has 0 saturated carbocycles. The van der Waals surface area contributed by atoms with Gasteiger partial charge >= 0.3 is 0 Å². The van der Waals surface area contributed by atoms with Crippen LogP contribution in [-0.2, 0) is 11.3 Å². The molecule has 1 aliphatic heterocycles. The first-order valence-electron chi connectivity index (χ1n) is 11.8. The monoisotopic (exact) mass is 553 g/mol. The van der Waals surface area contributed by atoms with Crippen LogP contribution >= 0.6 is 15.9 Å². The zero-order chi connectivity index (χ0) is 25.4. The van der Waals surface area contributed by atoms with Crippen LogP contribution in [-0.4, -0.2) is 31.2 Å². The molecule has 0 aliphatic carbocycles. The third-order valence-corrected chi connectivity index (χ3v) is 6.97. The third-order valence-electron chi connectivity index (χ3n) is 6.44. The molecule has 37 heavy (non-hydrogen) atoms. The van der Waals surface area contributed by atoms with Crippen LogP contribution in [0.4, 0.5) is 4.39 Å². The second kappa shape index (κ2) is 9.71. The summed E-state index contributed by atoms with van der Waals surface area (Å²) >= 11 is 3.47. The average molecular weight is 554 g/mol. The van der Waals surface area contributed by atoms with Crippen LogP contribution in [0.15, 0.2) is 107 Å². The van der Waals surface area contributed by atoms with E-state index in [0.717, 1.165) is 32.3 Å². The summed E-state index contributed by atoms with van der Waals surface area (Å²) in [5.74, 6) is 0.102. The Kier molecular flexibility index (Phi) is 6.10. The number of rotatable bonds is 5. The molecule has 0 N–H and O–H groups in total. The highest BCUT2D eigenvalue weighted by Gasteiger charge is 2.34. The Bertz CT molecular complexity index is 1610. The molecular formula is C29H21BrFN5O. The molecule has 0 radical (unpaired) electrons. The topological polar surface area (TPSA) is 63.4 Å². The van der Waals surface area contributed by atoms with Crippen molar-refractivity contribution >= 4 is 38.6 Å². The summed E-state index contributed by atoms with van der Waals surface area (Å²) in [6, 6.07) is 27.1. The van der Waals surface area contributed by atoms with Crippen molar-refractivity contribution in [2.45, 2.75) is 19.0 Å². The minimum absolute atomic E-state index is 0.0290. The van der Waals surface area contributed by atoms with Crippen LogP contribution in [0, 0.1) is 5.82 Å². The Balaban J connectivity index is 1.40. The van der Waals surface area contributed by atoms with Gasteiger partial charge in [-0.1, -0.05) is 58.4 Å². The first kappa shape index (κ1) is 23.2. The lowest BCUT2D eigenvalue weighted by Gasteiger charge is -2.23. The lowest BCUT2D eigenvalue weighted by molar-refractivity contribution is -0.133. The molecule has 3 aromatic carbocycles. The number of amides is 1. The van der Waals surface area contributed by atoms with Crippen LogP contribution in [0.25, 0.3) is 22.6 Å². The van der Waals surface area contributed by atoms with E-state index in [1.807, 2.05) is 71.3 Å². The number of para-hydroxylation sites is 2. The minimum atomic E-state index is -0.347. The van der Waals surface area contributed by atoms with Crippen molar-refractivity contribution in [3.63, 3.8) is 0 Å². The number of halogens is 2. The lowest BCUT2D eigenvalue weighted by atomic mass is 9.98. The van der Waals surface area contributed by atoms with Gasteiger partial charge in [0.2, 0.25) is 0 Å². The van der Waals surface area contributed by atoms with Crippen LogP contribution in [0.1, 0.15) is 23.6 Å². The van der Waals surface area contributed by atoms with Crippen LogP contribution in [0.5, 0.6) is 0 Å². The van der Waals surface area contributed by atoms with Gasteiger partial charge in [0.05, 0.1) is 22.8 Å². The quantitative estimate of drug-likeness (QED) is 0.254. The highest BCUT2D eigenvalue weighted by molar-refractivity contribution is 9.10. The summed E-state index contributed by atoms with van der Waals surface area (Å²) in [5, 5.41) is 6.30. The first-order chi connectivity index (χ1) is 18.1. The summed E-state index contributed by atoms with van der Waals surface area (Å²) in [6.45, 7) is 0.0290. The van der Waals surface area contributed by atoms with Crippen LogP contribution in [0.2, 0.25) is 0 Å². The van der Waals surface area contributed by atoms with E-state index in [0.29, 0.717) is 17.9 Å². The number of imidazole rings is 1. The Morgan fingerprint density at radius 3 is 2.46 bits per heavy atom. The number of carbonyl (C=O) groups is 1. The van der Waals surface area contributed by atoms with Crippen molar-refractivity contribution in [1.82, 2.24) is 19.5 Å². The van der Waals surface area contributed by atoms with E-state index in [1.54, 1.807) is 18.3 Å². The second-order valence-electron chi connectivity index (χ2n) is 8.79. The Hall–Kier alpha value is -4.17. The predicted molar refractivity (Wildman–Crippen MR) is 144 cm³/mol. The fourth-order valence-corrected chi connectivity index (χ4v) is 4.90. The lowest BCUT2D eigenvalue weighted by Crippen LogP contribution is -2.30. The minimum Gasteiger partial charge on any atom is -0.313 e. The summed E-state index contributed by atoms with van der Waals surface area (Å²) in [4.78, 5) is 23.1. The zero-order valence-corrected chi connectivity index (χ0v) is 21.2. The number of fused-ring (bicyclic) bond motifs is 1. The predicted octanol–water partition coefficient (Wildman–Crippen LogP) is 6.38. The number of carbonyl (C=O) groups excluding carboxylic acids is 1. The molecule has 1 atom stereocenters. The molecule has 0 bridgehead atoms. The molecule has 6 nitrogen and oxygen atoms in total. The average Bonchev–Trinajstić information content (AvgIpc) is 3.53.